The largest absolute Gasteiger partial charge is 0.455 e. The van der Waals surface area contributed by atoms with Gasteiger partial charge in [-0.25, -0.2) is 5.84 Å². The van der Waals surface area contributed by atoms with Gasteiger partial charge in [0.15, 0.2) is 5.76 Å². The minimum absolute atomic E-state index is 0.279. The number of furan rings is 1. The quantitative estimate of drug-likeness (QED) is 0.485. The van der Waals surface area contributed by atoms with Crippen LogP contribution in [0.3, 0.4) is 0 Å². The maximum atomic E-state index is 11.3. The highest BCUT2D eigenvalue weighted by Crippen LogP contribution is 2.23. The van der Waals surface area contributed by atoms with Crippen LogP contribution in [0, 0.1) is 0 Å². The Hall–Kier alpha value is -1.33. The molecule has 2 rings (SSSR count). The first-order valence-electron chi connectivity index (χ1n) is 7.08. The van der Waals surface area contributed by atoms with Crippen molar-refractivity contribution in [1.29, 1.82) is 0 Å². The van der Waals surface area contributed by atoms with Crippen LogP contribution in [0.4, 0.5) is 0 Å². The lowest BCUT2D eigenvalue weighted by molar-refractivity contribution is 0.0914. The number of hydrogen-bond donors (Lipinski definition) is 2. The van der Waals surface area contributed by atoms with E-state index in [4.69, 9.17) is 10.3 Å². The summed E-state index contributed by atoms with van der Waals surface area (Å²) in [4.78, 5) is 13.8. The van der Waals surface area contributed by atoms with E-state index < -0.39 is 0 Å². The Morgan fingerprint density at radius 1 is 1.53 bits per heavy atom. The zero-order chi connectivity index (χ0) is 13.7. The number of rotatable bonds is 5. The number of carbonyl (C=O) groups excluding carboxylic acids is 1. The van der Waals surface area contributed by atoms with Gasteiger partial charge in [0.05, 0.1) is 6.54 Å². The van der Waals surface area contributed by atoms with Gasteiger partial charge in [0.25, 0.3) is 0 Å². The standard InChI is InChI=1S/C14H23N3O2/c1-2-5-11-6-3-4-9-17(11)10-12-7-8-13(19-12)14(18)16-15/h7-8,11H,2-6,9-10,15H2,1H3,(H,16,18). The molecule has 2 heterocycles. The number of nitrogens with zero attached hydrogens (tertiary/aromatic N) is 1. The van der Waals surface area contributed by atoms with Crippen molar-refractivity contribution in [3.63, 3.8) is 0 Å². The molecule has 0 aromatic carbocycles. The van der Waals surface area contributed by atoms with Gasteiger partial charge in [0.2, 0.25) is 0 Å². The molecule has 0 saturated carbocycles. The second-order valence-electron chi connectivity index (χ2n) is 5.15. The molecule has 106 valence electrons. The molecule has 0 spiro atoms. The van der Waals surface area contributed by atoms with E-state index in [0.29, 0.717) is 6.04 Å². The molecule has 1 aromatic heterocycles. The smallest absolute Gasteiger partial charge is 0.300 e. The molecule has 0 bridgehead atoms. The minimum Gasteiger partial charge on any atom is -0.455 e. The van der Waals surface area contributed by atoms with Gasteiger partial charge >= 0.3 is 5.91 Å². The van der Waals surface area contributed by atoms with Crippen LogP contribution in [-0.2, 0) is 6.54 Å². The molecular formula is C14H23N3O2. The molecular weight excluding hydrogens is 242 g/mol. The van der Waals surface area contributed by atoms with Crippen LogP contribution in [0.5, 0.6) is 0 Å². The van der Waals surface area contributed by atoms with Crippen molar-refractivity contribution in [2.45, 2.75) is 51.6 Å². The van der Waals surface area contributed by atoms with Crippen molar-refractivity contribution < 1.29 is 9.21 Å². The Kier molecular flexibility index (Phi) is 4.99. The number of carbonyl (C=O) groups is 1. The van der Waals surface area contributed by atoms with E-state index in [2.05, 4.69) is 17.2 Å². The van der Waals surface area contributed by atoms with Gasteiger partial charge in [-0.3, -0.25) is 15.1 Å². The first kappa shape index (κ1) is 14.1. The SMILES string of the molecule is CCCC1CCCCN1Cc1ccc(C(=O)NN)o1. The zero-order valence-corrected chi connectivity index (χ0v) is 11.5. The second kappa shape index (κ2) is 6.73. The van der Waals surface area contributed by atoms with Crippen LogP contribution in [0.2, 0.25) is 0 Å². The molecule has 1 aliphatic rings. The summed E-state index contributed by atoms with van der Waals surface area (Å²) in [7, 11) is 0. The van der Waals surface area contributed by atoms with Gasteiger partial charge in [-0.15, -0.1) is 0 Å². The van der Waals surface area contributed by atoms with Gasteiger partial charge in [-0.2, -0.15) is 0 Å². The molecule has 5 nitrogen and oxygen atoms in total. The Morgan fingerprint density at radius 3 is 3.11 bits per heavy atom. The topological polar surface area (TPSA) is 71.5 Å². The van der Waals surface area contributed by atoms with Crippen molar-refractivity contribution in [2.24, 2.45) is 5.84 Å². The van der Waals surface area contributed by atoms with E-state index in [0.717, 1.165) is 18.8 Å². The van der Waals surface area contributed by atoms with Crippen molar-refractivity contribution in [3.8, 4) is 0 Å². The maximum Gasteiger partial charge on any atom is 0.300 e. The lowest BCUT2D eigenvalue weighted by atomic mass is 9.98. The zero-order valence-electron chi connectivity index (χ0n) is 11.5. The van der Waals surface area contributed by atoms with E-state index >= 15 is 0 Å². The number of likely N-dealkylation sites (tertiary alicyclic amines) is 1. The fourth-order valence-electron chi connectivity index (χ4n) is 2.78. The number of nitrogens with one attached hydrogen (secondary N) is 1. The van der Waals surface area contributed by atoms with Gasteiger partial charge in [0.1, 0.15) is 5.76 Å². The summed E-state index contributed by atoms with van der Waals surface area (Å²) in [5.74, 6) is 5.82. The predicted molar refractivity (Wildman–Crippen MR) is 73.3 cm³/mol. The monoisotopic (exact) mass is 265 g/mol. The fourth-order valence-corrected chi connectivity index (χ4v) is 2.78. The normalized spacial score (nSPS) is 20.4. The summed E-state index contributed by atoms with van der Waals surface area (Å²) in [6, 6.07) is 4.19. The Bertz CT molecular complexity index is 415. The molecule has 19 heavy (non-hydrogen) atoms. The predicted octanol–water partition coefficient (Wildman–Crippen LogP) is 2.04. The van der Waals surface area contributed by atoms with Gasteiger partial charge < -0.3 is 4.42 Å². The van der Waals surface area contributed by atoms with Crippen molar-refractivity contribution in [3.05, 3.63) is 23.7 Å². The lowest BCUT2D eigenvalue weighted by Gasteiger charge is -2.35. The fraction of sp³-hybridized carbons (Fsp3) is 0.643. The molecule has 0 aliphatic carbocycles. The van der Waals surface area contributed by atoms with Gasteiger partial charge in [-0.05, 0) is 37.9 Å². The molecule has 1 aromatic rings. The average molecular weight is 265 g/mol. The van der Waals surface area contributed by atoms with Gasteiger partial charge in [-0.1, -0.05) is 19.8 Å². The molecule has 1 atom stereocenters. The number of nitrogen functional groups attached to an aromatic ring is 1. The van der Waals surface area contributed by atoms with E-state index in [1.807, 2.05) is 6.07 Å². The first-order chi connectivity index (χ1) is 9.24. The number of amides is 1. The summed E-state index contributed by atoms with van der Waals surface area (Å²) in [5.41, 5.74) is 2.08. The third-order valence-electron chi connectivity index (χ3n) is 3.75. The van der Waals surface area contributed by atoms with Crippen LogP contribution in [0.15, 0.2) is 16.5 Å². The van der Waals surface area contributed by atoms with Crippen LogP contribution in [0.1, 0.15) is 55.3 Å². The number of hydrazine groups is 1. The third-order valence-corrected chi connectivity index (χ3v) is 3.75. The molecule has 1 fully saturated rings. The van der Waals surface area contributed by atoms with Gasteiger partial charge in [0, 0.05) is 6.04 Å². The molecule has 1 aliphatic heterocycles. The van der Waals surface area contributed by atoms with Crippen molar-refractivity contribution in [2.75, 3.05) is 6.54 Å². The van der Waals surface area contributed by atoms with Crippen LogP contribution >= 0.6 is 0 Å². The van der Waals surface area contributed by atoms with E-state index in [1.54, 1.807) is 6.07 Å². The number of piperidine rings is 1. The highest BCUT2D eigenvalue weighted by Gasteiger charge is 2.22. The van der Waals surface area contributed by atoms with Crippen LogP contribution in [-0.4, -0.2) is 23.4 Å². The summed E-state index contributed by atoms with van der Waals surface area (Å²) in [6.07, 6.45) is 6.28. The summed E-state index contributed by atoms with van der Waals surface area (Å²) >= 11 is 0. The summed E-state index contributed by atoms with van der Waals surface area (Å²) in [6.45, 7) is 4.12. The third kappa shape index (κ3) is 3.58. The van der Waals surface area contributed by atoms with Crippen molar-refractivity contribution in [1.82, 2.24) is 10.3 Å². The minimum atomic E-state index is -0.380. The van der Waals surface area contributed by atoms with Crippen LogP contribution in [0.25, 0.3) is 0 Å². The average Bonchev–Trinajstić information content (AvgIpc) is 2.89. The van der Waals surface area contributed by atoms with Crippen LogP contribution < -0.4 is 11.3 Å². The Labute approximate surface area is 114 Å². The summed E-state index contributed by atoms with van der Waals surface area (Å²) < 4.78 is 5.53. The van der Waals surface area contributed by atoms with Crippen molar-refractivity contribution >= 4 is 5.91 Å². The molecule has 1 unspecified atom stereocenters. The number of hydrogen-bond acceptors (Lipinski definition) is 4. The molecule has 1 saturated heterocycles. The molecule has 3 N–H and O–H groups in total. The first-order valence-corrected chi connectivity index (χ1v) is 7.08. The molecule has 1 amide bonds. The molecule has 5 heteroatoms. The highest BCUT2D eigenvalue weighted by molar-refractivity contribution is 5.90. The maximum absolute atomic E-state index is 11.3. The summed E-state index contributed by atoms with van der Waals surface area (Å²) in [5, 5.41) is 0. The van der Waals surface area contributed by atoms with E-state index in [-0.39, 0.29) is 11.7 Å². The number of nitrogens with two attached hydrogens (primary N) is 1. The lowest BCUT2D eigenvalue weighted by Crippen LogP contribution is -2.38. The Morgan fingerprint density at radius 2 is 2.37 bits per heavy atom. The molecule has 0 radical (unpaired) electrons. The van der Waals surface area contributed by atoms with E-state index in [9.17, 15) is 4.79 Å². The van der Waals surface area contributed by atoms with E-state index in [1.165, 1.54) is 32.1 Å². The second-order valence-corrected chi connectivity index (χ2v) is 5.15. The highest BCUT2D eigenvalue weighted by atomic mass is 16.4. The Balaban J connectivity index is 1.98.